The predicted octanol–water partition coefficient (Wildman–Crippen LogP) is 7.42. The number of hydrogen-bond donors (Lipinski definition) is 0. The zero-order valence-electron chi connectivity index (χ0n) is 11.7. The third kappa shape index (κ3) is 2.90. The molecule has 0 N–H and O–H groups in total. The number of rotatable bonds is 0. The topological polar surface area (TPSA) is 0 Å². The van der Waals surface area contributed by atoms with E-state index in [0.717, 1.165) is 0 Å². The van der Waals surface area contributed by atoms with Crippen molar-refractivity contribution in [2.24, 2.45) is 0 Å². The van der Waals surface area contributed by atoms with Crippen LogP contribution in [0, 0.1) is 0 Å². The van der Waals surface area contributed by atoms with Crippen molar-refractivity contribution < 1.29 is 0 Å². The summed E-state index contributed by atoms with van der Waals surface area (Å²) in [6, 6.07) is 0. The predicted molar refractivity (Wildman–Crippen MR) is 97.6 cm³/mol. The fraction of sp³-hybridized carbons (Fsp3) is 0.625. The third-order valence-corrected chi connectivity index (χ3v) is 10.4. The molecule has 0 radical (unpaired) electrons. The molecular weight excluding hydrogens is 320 g/mol. The maximum atomic E-state index is 2.12. The van der Waals surface area contributed by atoms with Gasteiger partial charge < -0.3 is 0 Å². The molecule has 0 fully saturated rings. The van der Waals surface area contributed by atoms with Crippen molar-refractivity contribution >= 4 is 47.0 Å². The van der Waals surface area contributed by atoms with Gasteiger partial charge in [-0.25, -0.2) is 0 Å². The van der Waals surface area contributed by atoms with Crippen LogP contribution < -0.4 is 0 Å². The second-order valence-corrected chi connectivity index (χ2v) is 10.7. The fourth-order valence-corrected chi connectivity index (χ4v) is 9.26. The van der Waals surface area contributed by atoms with Crippen LogP contribution in [-0.2, 0) is 0 Å². The summed E-state index contributed by atoms with van der Waals surface area (Å²) in [5, 5.41) is 0. The number of fused-ring (bicyclic) bond motifs is 4. The molecule has 6 bridgehead atoms. The van der Waals surface area contributed by atoms with Gasteiger partial charge in [0, 0.05) is 19.6 Å². The van der Waals surface area contributed by atoms with Gasteiger partial charge in [0.2, 0.25) is 0 Å². The summed E-state index contributed by atoms with van der Waals surface area (Å²) < 4.78 is 3.22. The van der Waals surface area contributed by atoms with Crippen molar-refractivity contribution in [3.8, 4) is 0 Å². The van der Waals surface area contributed by atoms with Crippen LogP contribution in [0.2, 0.25) is 0 Å². The lowest BCUT2D eigenvalue weighted by molar-refractivity contribution is 0.667. The quantitative estimate of drug-likeness (QED) is 0.449. The molecule has 0 aromatic carbocycles. The van der Waals surface area contributed by atoms with E-state index in [2.05, 4.69) is 47.0 Å². The van der Waals surface area contributed by atoms with Crippen molar-refractivity contribution in [3.63, 3.8) is 0 Å². The van der Waals surface area contributed by atoms with Gasteiger partial charge in [0.05, 0.1) is 8.47 Å². The van der Waals surface area contributed by atoms with Crippen LogP contribution in [0.4, 0.5) is 0 Å². The molecule has 0 nitrogen and oxygen atoms in total. The first kappa shape index (κ1) is 14.2. The Kier molecular flexibility index (Phi) is 4.55. The Balaban J connectivity index is 1.73. The monoisotopic (exact) mass is 340 g/mol. The smallest absolute Gasteiger partial charge is 0.0700 e. The summed E-state index contributed by atoms with van der Waals surface area (Å²) >= 11 is 8.46. The second-order valence-electron chi connectivity index (χ2n) is 5.80. The van der Waals surface area contributed by atoms with Crippen LogP contribution in [-0.4, -0.2) is 0 Å². The molecule has 0 amide bonds. The molecule has 108 valence electrons. The van der Waals surface area contributed by atoms with Gasteiger partial charge in [-0.05, 0) is 51.4 Å². The number of hydrogen-bond acceptors (Lipinski definition) is 4. The van der Waals surface area contributed by atoms with E-state index in [1.807, 2.05) is 0 Å². The summed E-state index contributed by atoms with van der Waals surface area (Å²) in [6.45, 7) is 0. The Morgan fingerprint density at radius 3 is 1.00 bits per heavy atom. The normalized spacial score (nSPS) is 27.6. The average molecular weight is 341 g/mol. The molecule has 0 saturated carbocycles. The molecule has 0 aromatic rings. The lowest BCUT2D eigenvalue weighted by atomic mass is 10.1. The van der Waals surface area contributed by atoms with Gasteiger partial charge in [0.15, 0.2) is 0 Å². The lowest BCUT2D eigenvalue weighted by Gasteiger charge is -2.09. The molecule has 4 heterocycles. The van der Waals surface area contributed by atoms with Crippen LogP contribution >= 0.6 is 47.0 Å². The first-order chi connectivity index (χ1) is 9.90. The minimum Gasteiger partial charge on any atom is -0.0846 e. The van der Waals surface area contributed by atoms with Crippen LogP contribution in [0.5, 0.6) is 0 Å². The van der Waals surface area contributed by atoms with Crippen LogP contribution in [0.3, 0.4) is 0 Å². The molecule has 0 unspecified atom stereocenters. The average Bonchev–Trinajstić information content (AvgIpc) is 2.99. The highest BCUT2D eigenvalue weighted by Gasteiger charge is 2.30. The molecule has 4 heteroatoms. The molecule has 0 spiro atoms. The van der Waals surface area contributed by atoms with E-state index in [1.54, 1.807) is 28.1 Å². The number of thioether (sulfide) groups is 4. The second kappa shape index (κ2) is 6.39. The molecule has 0 saturated heterocycles. The van der Waals surface area contributed by atoms with Gasteiger partial charge in [-0.2, -0.15) is 0 Å². The summed E-state index contributed by atoms with van der Waals surface area (Å²) in [7, 11) is 0. The van der Waals surface area contributed by atoms with Crippen molar-refractivity contribution in [3.05, 3.63) is 28.1 Å². The van der Waals surface area contributed by atoms with Gasteiger partial charge in [-0.3, -0.25) is 0 Å². The highest BCUT2D eigenvalue weighted by Crippen LogP contribution is 2.63. The minimum atomic E-state index is 1.34. The first-order valence-electron chi connectivity index (χ1n) is 7.80. The van der Waals surface area contributed by atoms with E-state index in [9.17, 15) is 0 Å². The number of allylic oxidation sites excluding steroid dienone is 4. The summed E-state index contributed by atoms with van der Waals surface area (Å²) in [5.74, 6) is 0. The third-order valence-electron chi connectivity index (χ3n) is 4.27. The summed E-state index contributed by atoms with van der Waals surface area (Å²) in [6.07, 6.45) is 13.8. The molecular formula is C16H20S4. The van der Waals surface area contributed by atoms with E-state index < -0.39 is 0 Å². The minimum absolute atomic E-state index is 1.34. The van der Waals surface area contributed by atoms with Gasteiger partial charge in [0.25, 0.3) is 0 Å². The molecule has 0 aromatic heterocycles. The van der Waals surface area contributed by atoms with Crippen molar-refractivity contribution in [1.82, 2.24) is 0 Å². The molecule has 20 heavy (non-hydrogen) atoms. The SMILES string of the molecule is C1CCC2=C3CCCCCC4=C(CC1)SC(=C(S2)S3)S4. The Morgan fingerprint density at radius 1 is 0.400 bits per heavy atom. The van der Waals surface area contributed by atoms with Gasteiger partial charge in [0.1, 0.15) is 0 Å². The van der Waals surface area contributed by atoms with Crippen LogP contribution in [0.1, 0.15) is 64.2 Å². The van der Waals surface area contributed by atoms with Crippen molar-refractivity contribution in [2.75, 3.05) is 0 Å². The van der Waals surface area contributed by atoms with E-state index in [4.69, 9.17) is 0 Å². The molecule has 4 rings (SSSR count). The Labute approximate surface area is 139 Å². The highest BCUT2D eigenvalue weighted by molar-refractivity contribution is 8.34. The summed E-state index contributed by atoms with van der Waals surface area (Å²) in [5.41, 5.74) is 0. The molecule has 4 aliphatic heterocycles. The van der Waals surface area contributed by atoms with E-state index in [0.29, 0.717) is 0 Å². The molecule has 0 atom stereocenters. The largest absolute Gasteiger partial charge is 0.0846 e. The van der Waals surface area contributed by atoms with Gasteiger partial charge in [-0.1, -0.05) is 59.9 Å². The molecule has 0 aliphatic carbocycles. The zero-order valence-corrected chi connectivity index (χ0v) is 15.0. The zero-order chi connectivity index (χ0) is 13.4. The van der Waals surface area contributed by atoms with Crippen LogP contribution in [0.15, 0.2) is 28.1 Å². The fourth-order valence-electron chi connectivity index (χ4n) is 3.14. The van der Waals surface area contributed by atoms with E-state index in [1.165, 1.54) is 64.2 Å². The highest BCUT2D eigenvalue weighted by atomic mass is 32.2. The maximum absolute atomic E-state index is 2.12. The van der Waals surface area contributed by atoms with E-state index >= 15 is 0 Å². The van der Waals surface area contributed by atoms with E-state index in [-0.39, 0.29) is 0 Å². The van der Waals surface area contributed by atoms with Gasteiger partial charge >= 0.3 is 0 Å². The molecule has 4 aliphatic rings. The van der Waals surface area contributed by atoms with Crippen molar-refractivity contribution in [2.45, 2.75) is 64.2 Å². The Hall–Kier alpha value is 0.620. The Bertz CT molecular complexity index is 427. The first-order valence-corrected chi connectivity index (χ1v) is 11.1. The van der Waals surface area contributed by atoms with Crippen molar-refractivity contribution in [1.29, 1.82) is 0 Å². The van der Waals surface area contributed by atoms with Crippen LogP contribution in [0.25, 0.3) is 0 Å². The maximum Gasteiger partial charge on any atom is 0.0700 e. The Morgan fingerprint density at radius 2 is 0.700 bits per heavy atom. The summed E-state index contributed by atoms with van der Waals surface area (Å²) in [4.78, 5) is 6.87. The van der Waals surface area contributed by atoms with Gasteiger partial charge in [-0.15, -0.1) is 0 Å². The standard InChI is InChI=1S/C16H20S4/c1-3-7-11-13-9-5-2-6-10-14-12(8-4-1)18-16(20-14)15(17-11)19-13/h1-10H2. The lowest BCUT2D eigenvalue weighted by Crippen LogP contribution is -1.88.